The Balaban J connectivity index is 1.67. The third-order valence-electron chi connectivity index (χ3n) is 4.93. The van der Waals surface area contributed by atoms with Crippen molar-refractivity contribution in [1.29, 1.82) is 0 Å². The van der Waals surface area contributed by atoms with Crippen LogP contribution in [0.4, 0.5) is 0 Å². The predicted molar refractivity (Wildman–Crippen MR) is 114 cm³/mol. The molecule has 0 saturated carbocycles. The molecule has 28 heavy (non-hydrogen) atoms. The number of aromatic nitrogens is 3. The van der Waals surface area contributed by atoms with E-state index in [4.69, 9.17) is 9.72 Å². The number of nitrogens with zero attached hydrogens (tertiary/aromatic N) is 2. The maximum absolute atomic E-state index is 13.3. The Morgan fingerprint density at radius 2 is 1.96 bits per heavy atom. The van der Waals surface area contributed by atoms with Crippen molar-refractivity contribution < 1.29 is 9.53 Å². The SMILES string of the molecule is COCCn1c(SC(C)C(=O)c2c(C)[nH]c3ccccc23)nc2ccccc21. The number of nitrogens with one attached hydrogen (secondary N) is 1. The average molecular weight is 394 g/mol. The van der Waals surface area contributed by atoms with Gasteiger partial charge in [0.05, 0.1) is 22.9 Å². The standard InChI is InChI=1S/C22H23N3O2S/c1-14-20(16-8-4-5-9-17(16)23-14)21(26)15(2)28-22-24-18-10-6-7-11-19(18)25(22)12-13-27-3/h4-11,15,23H,12-13H2,1-3H3. The summed E-state index contributed by atoms with van der Waals surface area (Å²) in [6.45, 7) is 5.21. The van der Waals surface area contributed by atoms with Gasteiger partial charge in [-0.1, -0.05) is 42.1 Å². The molecule has 2 aromatic heterocycles. The fourth-order valence-electron chi connectivity index (χ4n) is 3.55. The second-order valence-electron chi connectivity index (χ2n) is 6.82. The van der Waals surface area contributed by atoms with Crippen molar-refractivity contribution in [2.75, 3.05) is 13.7 Å². The summed E-state index contributed by atoms with van der Waals surface area (Å²) in [6.07, 6.45) is 0. The summed E-state index contributed by atoms with van der Waals surface area (Å²) in [6, 6.07) is 16.0. The van der Waals surface area contributed by atoms with Crippen LogP contribution in [0, 0.1) is 6.92 Å². The summed E-state index contributed by atoms with van der Waals surface area (Å²) in [7, 11) is 1.69. The van der Waals surface area contributed by atoms with Crippen LogP contribution < -0.4 is 0 Å². The van der Waals surface area contributed by atoms with Crippen LogP contribution in [-0.2, 0) is 11.3 Å². The average Bonchev–Trinajstić information content (AvgIpc) is 3.21. The number of carbonyl (C=O) groups is 1. The summed E-state index contributed by atoms with van der Waals surface area (Å²) in [5.74, 6) is 0.116. The van der Waals surface area contributed by atoms with Crippen molar-refractivity contribution in [3.63, 3.8) is 0 Å². The largest absolute Gasteiger partial charge is 0.383 e. The Morgan fingerprint density at radius 1 is 1.21 bits per heavy atom. The van der Waals surface area contributed by atoms with Gasteiger partial charge >= 0.3 is 0 Å². The van der Waals surface area contributed by atoms with E-state index in [1.165, 1.54) is 11.8 Å². The minimum absolute atomic E-state index is 0.116. The molecule has 1 N–H and O–H groups in total. The van der Waals surface area contributed by atoms with Crippen LogP contribution in [0.15, 0.2) is 53.7 Å². The number of hydrogen-bond acceptors (Lipinski definition) is 4. The van der Waals surface area contributed by atoms with E-state index in [9.17, 15) is 4.79 Å². The molecule has 1 unspecified atom stereocenters. The Morgan fingerprint density at radius 3 is 2.79 bits per heavy atom. The first-order chi connectivity index (χ1) is 13.6. The van der Waals surface area contributed by atoms with E-state index in [-0.39, 0.29) is 11.0 Å². The van der Waals surface area contributed by atoms with Crippen molar-refractivity contribution in [3.05, 3.63) is 59.8 Å². The first-order valence-electron chi connectivity index (χ1n) is 9.32. The number of aryl methyl sites for hydroxylation is 1. The van der Waals surface area contributed by atoms with Crippen molar-refractivity contribution in [1.82, 2.24) is 14.5 Å². The number of imidazole rings is 1. The minimum Gasteiger partial charge on any atom is -0.383 e. The molecule has 0 aliphatic rings. The number of aromatic amines is 1. The highest BCUT2D eigenvalue weighted by Crippen LogP contribution is 2.31. The lowest BCUT2D eigenvalue weighted by atomic mass is 10.1. The van der Waals surface area contributed by atoms with E-state index < -0.39 is 0 Å². The van der Waals surface area contributed by atoms with Gasteiger partial charge in [-0.2, -0.15) is 0 Å². The van der Waals surface area contributed by atoms with E-state index >= 15 is 0 Å². The molecule has 2 aromatic carbocycles. The fourth-order valence-corrected chi connectivity index (χ4v) is 4.56. The Hall–Kier alpha value is -2.57. The molecular formula is C22H23N3O2S. The molecule has 4 aromatic rings. The summed E-state index contributed by atoms with van der Waals surface area (Å²) in [5, 5.41) is 1.57. The monoisotopic (exact) mass is 393 g/mol. The molecule has 2 heterocycles. The van der Waals surface area contributed by atoms with Crippen molar-refractivity contribution in [3.8, 4) is 0 Å². The topological polar surface area (TPSA) is 59.9 Å². The van der Waals surface area contributed by atoms with Crippen LogP contribution in [0.1, 0.15) is 23.0 Å². The number of carbonyl (C=O) groups excluding carboxylic acids is 1. The van der Waals surface area contributed by atoms with Gasteiger partial charge in [-0.3, -0.25) is 4.79 Å². The number of thioether (sulfide) groups is 1. The fraction of sp³-hybridized carbons (Fsp3) is 0.273. The van der Waals surface area contributed by atoms with Gasteiger partial charge in [-0.05, 0) is 32.0 Å². The lowest BCUT2D eigenvalue weighted by Crippen LogP contribution is -2.16. The highest BCUT2D eigenvalue weighted by Gasteiger charge is 2.24. The van der Waals surface area contributed by atoms with E-state index in [1.54, 1.807) is 7.11 Å². The number of H-pyrrole nitrogens is 1. The third-order valence-corrected chi connectivity index (χ3v) is 6.02. The van der Waals surface area contributed by atoms with Crippen molar-refractivity contribution in [2.45, 2.75) is 30.8 Å². The molecule has 0 spiro atoms. The van der Waals surface area contributed by atoms with Gasteiger partial charge in [-0.25, -0.2) is 4.98 Å². The van der Waals surface area contributed by atoms with E-state index in [2.05, 4.69) is 15.6 Å². The molecule has 5 nitrogen and oxygen atoms in total. The van der Waals surface area contributed by atoms with Gasteiger partial charge in [-0.15, -0.1) is 0 Å². The smallest absolute Gasteiger partial charge is 0.178 e. The number of ether oxygens (including phenoxy) is 1. The van der Waals surface area contributed by atoms with Gasteiger partial charge in [0.25, 0.3) is 0 Å². The molecule has 0 amide bonds. The zero-order chi connectivity index (χ0) is 19.7. The van der Waals surface area contributed by atoms with Crippen LogP contribution >= 0.6 is 11.8 Å². The normalized spacial score (nSPS) is 12.7. The van der Waals surface area contributed by atoms with E-state index in [0.717, 1.165) is 38.4 Å². The van der Waals surface area contributed by atoms with Crippen LogP contribution in [0.2, 0.25) is 0 Å². The number of benzene rings is 2. The van der Waals surface area contributed by atoms with Gasteiger partial charge in [0.1, 0.15) is 0 Å². The second-order valence-corrected chi connectivity index (χ2v) is 8.13. The first kappa shape index (κ1) is 18.8. The Bertz CT molecular complexity index is 1150. The quantitative estimate of drug-likeness (QED) is 0.361. The maximum Gasteiger partial charge on any atom is 0.178 e. The minimum atomic E-state index is -0.254. The molecule has 0 aliphatic carbocycles. The molecule has 0 fully saturated rings. The van der Waals surface area contributed by atoms with Gasteiger partial charge < -0.3 is 14.3 Å². The van der Waals surface area contributed by atoms with Gasteiger partial charge in [0, 0.05) is 35.8 Å². The molecule has 6 heteroatoms. The van der Waals surface area contributed by atoms with Gasteiger partial charge in [0.2, 0.25) is 0 Å². The number of hydrogen-bond donors (Lipinski definition) is 1. The zero-order valence-electron chi connectivity index (χ0n) is 16.2. The third kappa shape index (κ3) is 3.34. The second kappa shape index (κ2) is 7.81. The molecule has 0 bridgehead atoms. The van der Waals surface area contributed by atoms with Crippen LogP contribution in [-0.4, -0.2) is 39.3 Å². The first-order valence-corrected chi connectivity index (χ1v) is 10.2. The lowest BCUT2D eigenvalue weighted by Gasteiger charge is -2.12. The number of fused-ring (bicyclic) bond motifs is 2. The van der Waals surface area contributed by atoms with Gasteiger partial charge in [0.15, 0.2) is 10.9 Å². The highest BCUT2D eigenvalue weighted by molar-refractivity contribution is 8.00. The number of Topliss-reactive ketones (excluding diaryl/α,β-unsaturated/α-hetero) is 1. The maximum atomic E-state index is 13.3. The number of rotatable bonds is 7. The molecule has 0 aliphatic heterocycles. The number of ketones is 1. The van der Waals surface area contributed by atoms with Crippen LogP contribution in [0.3, 0.4) is 0 Å². The molecule has 0 radical (unpaired) electrons. The highest BCUT2D eigenvalue weighted by atomic mass is 32.2. The summed E-state index contributed by atoms with van der Waals surface area (Å²) >= 11 is 1.50. The number of methoxy groups -OCH3 is 1. The zero-order valence-corrected chi connectivity index (χ0v) is 17.0. The summed E-state index contributed by atoms with van der Waals surface area (Å²) < 4.78 is 7.40. The van der Waals surface area contributed by atoms with Crippen LogP contribution in [0.25, 0.3) is 21.9 Å². The van der Waals surface area contributed by atoms with Crippen LogP contribution in [0.5, 0.6) is 0 Å². The summed E-state index contributed by atoms with van der Waals surface area (Å²) in [4.78, 5) is 21.4. The Labute approximate surface area is 168 Å². The van der Waals surface area contributed by atoms with E-state index in [0.29, 0.717) is 13.2 Å². The Kier molecular flexibility index (Phi) is 5.24. The molecule has 0 saturated heterocycles. The van der Waals surface area contributed by atoms with E-state index in [1.807, 2.05) is 56.3 Å². The van der Waals surface area contributed by atoms with Crippen molar-refractivity contribution in [2.24, 2.45) is 0 Å². The molecule has 4 rings (SSSR count). The predicted octanol–water partition coefficient (Wildman–Crippen LogP) is 4.84. The lowest BCUT2D eigenvalue weighted by molar-refractivity contribution is 0.0995. The molecule has 144 valence electrons. The molecular weight excluding hydrogens is 370 g/mol. The summed E-state index contributed by atoms with van der Waals surface area (Å²) in [5.41, 5.74) is 4.67. The van der Waals surface area contributed by atoms with Crippen molar-refractivity contribution >= 4 is 39.5 Å². The molecule has 1 atom stereocenters. The number of para-hydroxylation sites is 3.